The normalized spacial score (nSPS) is 14.8. The van der Waals surface area contributed by atoms with Gasteiger partial charge in [-0.3, -0.25) is 4.79 Å². The number of nitrogens with one attached hydrogen (secondary N) is 1. The smallest absolute Gasteiger partial charge is 0.404 e. The predicted molar refractivity (Wildman–Crippen MR) is 169 cm³/mol. The average Bonchev–Trinajstić information content (AvgIpc) is 3.54. The topological polar surface area (TPSA) is 140 Å². The van der Waals surface area contributed by atoms with Crippen molar-refractivity contribution in [2.75, 3.05) is 56.2 Å². The summed E-state index contributed by atoms with van der Waals surface area (Å²) in [7, 11) is 0. The van der Waals surface area contributed by atoms with Crippen LogP contribution in [0.25, 0.3) is 5.65 Å². The van der Waals surface area contributed by atoms with Gasteiger partial charge >= 0.3 is 6.09 Å². The van der Waals surface area contributed by atoms with E-state index in [1.807, 2.05) is 35.4 Å². The molecule has 2 amide bonds. The molecule has 12 nitrogen and oxygen atoms in total. The molecule has 3 aromatic rings. The monoisotopic (exact) mass is 588 g/mol. The van der Waals surface area contributed by atoms with Gasteiger partial charge in [-0.1, -0.05) is 31.4 Å². The zero-order valence-electron chi connectivity index (χ0n) is 24.5. The molecule has 2 aromatic heterocycles. The number of hydrogen-bond acceptors (Lipinski definition) is 9. The Labute approximate surface area is 252 Å². The molecule has 2 saturated heterocycles. The molecule has 12 heteroatoms. The Morgan fingerprint density at radius 3 is 2.37 bits per heavy atom. The number of morpholine rings is 1. The first-order chi connectivity index (χ1) is 21.0. The van der Waals surface area contributed by atoms with Crippen LogP contribution in [0.4, 0.5) is 22.2 Å². The fourth-order valence-corrected chi connectivity index (χ4v) is 4.39. The van der Waals surface area contributed by atoms with Crippen LogP contribution in [0.15, 0.2) is 86.8 Å². The van der Waals surface area contributed by atoms with Gasteiger partial charge in [0.1, 0.15) is 6.61 Å². The summed E-state index contributed by atoms with van der Waals surface area (Å²) in [6.07, 6.45) is 11.2. The lowest BCUT2D eigenvalue weighted by Gasteiger charge is -2.27. The molecule has 0 aliphatic carbocycles. The quantitative estimate of drug-likeness (QED) is 0.287. The highest BCUT2D eigenvalue weighted by Gasteiger charge is 2.19. The third kappa shape index (κ3) is 9.54. The summed E-state index contributed by atoms with van der Waals surface area (Å²) in [4.78, 5) is 36.0. The SMILES string of the molecule is C=C.C=C/C=C(\C=C)COC(N)=O.O=C(c1ccc(Nc2nc(N3CCCCC3)nn3ccnc23)cc1)N1CCOCC1. The van der Waals surface area contributed by atoms with Crippen LogP contribution in [-0.4, -0.2) is 82.5 Å². The molecule has 0 bridgehead atoms. The zero-order chi connectivity index (χ0) is 31.0. The first-order valence-electron chi connectivity index (χ1n) is 14.0. The number of allylic oxidation sites excluding steroid dienone is 2. The van der Waals surface area contributed by atoms with Crippen molar-refractivity contribution in [2.45, 2.75) is 19.3 Å². The molecule has 0 spiro atoms. The number of nitrogens with zero attached hydrogens (tertiary/aromatic N) is 6. The molecule has 5 rings (SSSR count). The summed E-state index contributed by atoms with van der Waals surface area (Å²) in [5.41, 5.74) is 7.70. The lowest BCUT2D eigenvalue weighted by molar-refractivity contribution is 0.0303. The van der Waals surface area contributed by atoms with E-state index in [-0.39, 0.29) is 12.5 Å². The van der Waals surface area contributed by atoms with Gasteiger partial charge in [0, 0.05) is 49.8 Å². The summed E-state index contributed by atoms with van der Waals surface area (Å²) >= 11 is 0. The first kappa shape index (κ1) is 32.5. The van der Waals surface area contributed by atoms with Gasteiger partial charge in [0.15, 0.2) is 11.5 Å². The lowest BCUT2D eigenvalue weighted by Crippen LogP contribution is -2.40. The Balaban J connectivity index is 0.000000332. The first-order valence-corrected chi connectivity index (χ1v) is 14.0. The van der Waals surface area contributed by atoms with Crippen LogP contribution in [-0.2, 0) is 9.47 Å². The number of primary amides is 1. The number of aromatic nitrogens is 4. The van der Waals surface area contributed by atoms with Crippen molar-refractivity contribution in [3.05, 3.63) is 92.3 Å². The van der Waals surface area contributed by atoms with Crippen LogP contribution in [0.5, 0.6) is 0 Å². The number of fused-ring (bicyclic) bond motifs is 1. The number of amides is 2. The van der Waals surface area contributed by atoms with Crippen molar-refractivity contribution in [2.24, 2.45) is 5.73 Å². The molecule has 2 aliphatic heterocycles. The molecule has 0 radical (unpaired) electrons. The predicted octanol–water partition coefficient (Wildman–Crippen LogP) is 4.51. The minimum atomic E-state index is -0.790. The summed E-state index contributed by atoms with van der Waals surface area (Å²) in [5, 5.41) is 7.97. The zero-order valence-corrected chi connectivity index (χ0v) is 24.5. The van der Waals surface area contributed by atoms with Crippen LogP contribution < -0.4 is 16.0 Å². The standard InChI is InChI=1S/C21H25N7O2.C8H11NO2.C2H4/c29-20(26-12-14-30-15-13-26)16-4-6-17(7-5-16)23-18-19-22-8-11-28(19)25-21(24-18)27-9-2-1-3-10-27;1-3-5-7(4-2)6-11-8(9)10;1-2/h4-8,11H,1-3,9-10,12-15H2,(H,23,24,25);3-5H,1-2,6H2,(H2,9,10);1-2H2/b;7-5+;. The van der Waals surface area contributed by atoms with Crippen LogP contribution in [0.2, 0.25) is 0 Å². The van der Waals surface area contributed by atoms with E-state index < -0.39 is 6.09 Å². The molecule has 0 atom stereocenters. The Bertz CT molecular complexity index is 1390. The maximum atomic E-state index is 12.6. The van der Waals surface area contributed by atoms with Crippen LogP contribution in [0, 0.1) is 0 Å². The van der Waals surface area contributed by atoms with E-state index in [2.05, 4.69) is 51.4 Å². The second-order valence-electron chi connectivity index (χ2n) is 9.40. The van der Waals surface area contributed by atoms with Crippen LogP contribution in [0.3, 0.4) is 0 Å². The highest BCUT2D eigenvalue weighted by atomic mass is 16.5. The molecular formula is C31H40N8O4. The van der Waals surface area contributed by atoms with E-state index in [1.165, 1.54) is 6.42 Å². The molecule has 1 aromatic carbocycles. The largest absolute Gasteiger partial charge is 0.445 e. The Morgan fingerprint density at radius 2 is 1.74 bits per heavy atom. The molecule has 2 aliphatic rings. The van der Waals surface area contributed by atoms with E-state index in [1.54, 1.807) is 28.9 Å². The summed E-state index contributed by atoms with van der Waals surface area (Å²) in [6.45, 7) is 17.5. The second-order valence-corrected chi connectivity index (χ2v) is 9.40. The second kappa shape index (κ2) is 17.1. The molecule has 0 unspecified atom stereocenters. The molecule has 43 heavy (non-hydrogen) atoms. The number of imidazole rings is 1. The van der Waals surface area contributed by atoms with Gasteiger partial charge < -0.3 is 30.3 Å². The molecular weight excluding hydrogens is 548 g/mol. The molecule has 3 N–H and O–H groups in total. The number of ether oxygens (including phenoxy) is 2. The van der Waals surface area contributed by atoms with Gasteiger partial charge in [-0.25, -0.2) is 14.3 Å². The molecule has 2 fully saturated rings. The maximum absolute atomic E-state index is 12.6. The average molecular weight is 589 g/mol. The number of piperidine rings is 1. The van der Waals surface area contributed by atoms with E-state index >= 15 is 0 Å². The highest BCUT2D eigenvalue weighted by Crippen LogP contribution is 2.23. The summed E-state index contributed by atoms with van der Waals surface area (Å²) in [6, 6.07) is 7.48. The fraction of sp³-hybridized carbons (Fsp3) is 0.323. The number of carbonyl (C=O) groups is 2. The maximum Gasteiger partial charge on any atom is 0.404 e. The fourth-order valence-electron chi connectivity index (χ4n) is 4.39. The van der Waals surface area contributed by atoms with Gasteiger partial charge in [-0.2, -0.15) is 4.98 Å². The van der Waals surface area contributed by atoms with Gasteiger partial charge in [0.05, 0.1) is 13.2 Å². The van der Waals surface area contributed by atoms with Crippen LogP contribution in [0.1, 0.15) is 29.6 Å². The summed E-state index contributed by atoms with van der Waals surface area (Å²) < 4.78 is 11.6. The lowest BCUT2D eigenvalue weighted by atomic mass is 10.1. The summed E-state index contributed by atoms with van der Waals surface area (Å²) in [5.74, 6) is 1.40. The van der Waals surface area contributed by atoms with Crippen molar-refractivity contribution in [3.8, 4) is 0 Å². The van der Waals surface area contributed by atoms with Crippen molar-refractivity contribution in [1.82, 2.24) is 24.5 Å². The van der Waals surface area contributed by atoms with E-state index in [4.69, 9.17) is 15.5 Å². The van der Waals surface area contributed by atoms with Gasteiger partial charge in [-0.05, 0) is 49.1 Å². The third-order valence-electron chi connectivity index (χ3n) is 6.55. The number of hydrogen-bond donors (Lipinski definition) is 2. The van der Waals surface area contributed by atoms with Crippen molar-refractivity contribution >= 4 is 35.1 Å². The number of anilines is 3. The van der Waals surface area contributed by atoms with E-state index in [0.29, 0.717) is 49.3 Å². The van der Waals surface area contributed by atoms with Gasteiger partial charge in [-0.15, -0.1) is 18.3 Å². The minimum absolute atomic E-state index is 0.0370. The molecule has 228 valence electrons. The highest BCUT2D eigenvalue weighted by molar-refractivity contribution is 5.94. The van der Waals surface area contributed by atoms with Crippen molar-refractivity contribution in [1.29, 1.82) is 0 Å². The number of carbonyl (C=O) groups excluding carboxylic acids is 2. The van der Waals surface area contributed by atoms with Crippen molar-refractivity contribution < 1.29 is 19.1 Å². The van der Waals surface area contributed by atoms with E-state index in [0.717, 1.165) is 37.2 Å². The number of benzene rings is 1. The van der Waals surface area contributed by atoms with Gasteiger partial charge in [0.2, 0.25) is 5.95 Å². The Kier molecular flexibility index (Phi) is 12.9. The van der Waals surface area contributed by atoms with Crippen molar-refractivity contribution in [3.63, 3.8) is 0 Å². The third-order valence-corrected chi connectivity index (χ3v) is 6.55. The Hall–Kier alpha value is -4.97. The van der Waals surface area contributed by atoms with Crippen LogP contribution >= 0.6 is 0 Å². The molecule has 0 saturated carbocycles. The number of nitrogens with two attached hydrogens (primary N) is 1. The van der Waals surface area contributed by atoms with E-state index in [9.17, 15) is 9.59 Å². The van der Waals surface area contributed by atoms with Gasteiger partial charge in [0.25, 0.3) is 5.91 Å². The minimum Gasteiger partial charge on any atom is -0.445 e. The molecule has 4 heterocycles. The number of rotatable bonds is 8. The Morgan fingerprint density at radius 1 is 1.05 bits per heavy atom.